The Balaban J connectivity index is 1.69. The van der Waals surface area contributed by atoms with Crippen molar-refractivity contribution in [3.05, 3.63) is 35.4 Å². The SMILES string of the molecule is CC(C)(C)OC(=O)N1CC2(C1)OCc1ccccc12. The minimum atomic E-state index is -0.450. The highest BCUT2D eigenvalue weighted by Crippen LogP contribution is 2.43. The number of hydrogen-bond acceptors (Lipinski definition) is 3. The molecule has 0 N–H and O–H groups in total. The van der Waals surface area contributed by atoms with Crippen LogP contribution in [0.2, 0.25) is 0 Å². The summed E-state index contributed by atoms with van der Waals surface area (Å²) in [5.74, 6) is 0. The number of amides is 1. The Morgan fingerprint density at radius 2 is 2.00 bits per heavy atom. The summed E-state index contributed by atoms with van der Waals surface area (Å²) in [5, 5.41) is 0. The van der Waals surface area contributed by atoms with Crippen LogP contribution in [0.4, 0.5) is 4.79 Å². The third kappa shape index (κ3) is 2.10. The van der Waals surface area contributed by atoms with Crippen molar-refractivity contribution in [1.29, 1.82) is 0 Å². The van der Waals surface area contributed by atoms with Gasteiger partial charge in [0.1, 0.15) is 11.2 Å². The number of carbonyl (C=O) groups excluding carboxylic acids is 1. The van der Waals surface area contributed by atoms with E-state index < -0.39 is 5.60 Å². The molecule has 19 heavy (non-hydrogen) atoms. The Labute approximate surface area is 113 Å². The third-order valence-electron chi connectivity index (χ3n) is 3.56. The highest BCUT2D eigenvalue weighted by molar-refractivity contribution is 5.70. The lowest BCUT2D eigenvalue weighted by Gasteiger charge is -2.47. The van der Waals surface area contributed by atoms with Crippen LogP contribution >= 0.6 is 0 Å². The second-order valence-electron chi connectivity index (χ2n) is 6.28. The molecule has 2 aliphatic heterocycles. The minimum absolute atomic E-state index is 0.258. The summed E-state index contributed by atoms with van der Waals surface area (Å²) in [6, 6.07) is 8.21. The molecule has 0 radical (unpaired) electrons. The second-order valence-corrected chi connectivity index (χ2v) is 6.28. The largest absolute Gasteiger partial charge is 0.444 e. The van der Waals surface area contributed by atoms with Gasteiger partial charge in [0, 0.05) is 0 Å². The molecule has 0 saturated carbocycles. The number of rotatable bonds is 0. The highest BCUT2D eigenvalue weighted by Gasteiger charge is 2.52. The molecule has 4 heteroatoms. The van der Waals surface area contributed by atoms with Gasteiger partial charge in [-0.2, -0.15) is 0 Å². The summed E-state index contributed by atoms with van der Waals surface area (Å²) >= 11 is 0. The Morgan fingerprint density at radius 1 is 1.32 bits per heavy atom. The molecule has 4 nitrogen and oxygen atoms in total. The number of fused-ring (bicyclic) bond motifs is 2. The van der Waals surface area contributed by atoms with Crippen molar-refractivity contribution in [3.8, 4) is 0 Å². The normalized spacial score (nSPS) is 20.1. The molecular formula is C15H19NO3. The van der Waals surface area contributed by atoms with Crippen LogP contribution in [0.1, 0.15) is 31.9 Å². The van der Waals surface area contributed by atoms with E-state index in [2.05, 4.69) is 12.1 Å². The van der Waals surface area contributed by atoms with E-state index in [1.807, 2.05) is 32.9 Å². The van der Waals surface area contributed by atoms with Crippen molar-refractivity contribution in [2.45, 2.75) is 38.6 Å². The Hall–Kier alpha value is -1.55. The molecule has 102 valence electrons. The molecule has 1 aromatic rings. The van der Waals surface area contributed by atoms with Crippen LogP contribution in [0.3, 0.4) is 0 Å². The molecule has 1 fully saturated rings. The maximum absolute atomic E-state index is 11.9. The van der Waals surface area contributed by atoms with Crippen molar-refractivity contribution < 1.29 is 14.3 Å². The topological polar surface area (TPSA) is 38.8 Å². The first kappa shape index (κ1) is 12.5. The van der Waals surface area contributed by atoms with Crippen molar-refractivity contribution in [3.63, 3.8) is 0 Å². The second kappa shape index (κ2) is 3.97. The lowest BCUT2D eigenvalue weighted by atomic mass is 9.86. The predicted octanol–water partition coefficient (Wildman–Crippen LogP) is 2.66. The maximum Gasteiger partial charge on any atom is 0.410 e. The van der Waals surface area contributed by atoms with Crippen molar-refractivity contribution in [1.82, 2.24) is 4.90 Å². The van der Waals surface area contributed by atoms with Crippen LogP contribution in [-0.4, -0.2) is 29.7 Å². The van der Waals surface area contributed by atoms with Crippen molar-refractivity contribution in [2.75, 3.05) is 13.1 Å². The quantitative estimate of drug-likeness (QED) is 0.720. The van der Waals surface area contributed by atoms with Crippen molar-refractivity contribution >= 4 is 6.09 Å². The van der Waals surface area contributed by atoms with Gasteiger partial charge in [0.25, 0.3) is 0 Å². The van der Waals surface area contributed by atoms with E-state index in [1.54, 1.807) is 4.90 Å². The molecule has 1 amide bonds. The van der Waals surface area contributed by atoms with Crippen LogP contribution in [0.25, 0.3) is 0 Å². The van der Waals surface area contributed by atoms with E-state index >= 15 is 0 Å². The Morgan fingerprint density at radius 3 is 2.68 bits per heavy atom. The average Bonchev–Trinajstić information content (AvgIpc) is 2.64. The number of benzene rings is 1. The lowest BCUT2D eigenvalue weighted by molar-refractivity contribution is -0.137. The monoisotopic (exact) mass is 261 g/mol. The number of likely N-dealkylation sites (tertiary alicyclic amines) is 1. The van der Waals surface area contributed by atoms with Crippen LogP contribution < -0.4 is 0 Å². The first-order chi connectivity index (χ1) is 8.90. The van der Waals surface area contributed by atoms with Gasteiger partial charge in [-0.05, 0) is 31.9 Å². The fraction of sp³-hybridized carbons (Fsp3) is 0.533. The van der Waals surface area contributed by atoms with E-state index in [-0.39, 0.29) is 11.7 Å². The van der Waals surface area contributed by atoms with E-state index in [0.717, 1.165) is 0 Å². The van der Waals surface area contributed by atoms with Gasteiger partial charge in [0.2, 0.25) is 0 Å². The number of hydrogen-bond donors (Lipinski definition) is 0. The summed E-state index contributed by atoms with van der Waals surface area (Å²) in [6.45, 7) is 7.43. The van der Waals surface area contributed by atoms with Crippen LogP contribution in [0, 0.1) is 0 Å². The third-order valence-corrected chi connectivity index (χ3v) is 3.56. The summed E-state index contributed by atoms with van der Waals surface area (Å²) < 4.78 is 11.3. The van der Waals surface area contributed by atoms with Gasteiger partial charge in [0.15, 0.2) is 0 Å². The predicted molar refractivity (Wildman–Crippen MR) is 70.7 cm³/mol. The Kier molecular flexibility index (Phi) is 2.61. The number of carbonyl (C=O) groups is 1. The zero-order valence-electron chi connectivity index (χ0n) is 11.6. The first-order valence-corrected chi connectivity index (χ1v) is 6.60. The smallest absolute Gasteiger partial charge is 0.410 e. The molecule has 0 aliphatic carbocycles. The van der Waals surface area contributed by atoms with E-state index in [9.17, 15) is 4.79 Å². The average molecular weight is 261 g/mol. The Bertz CT molecular complexity index is 512. The molecule has 0 atom stereocenters. The fourth-order valence-electron chi connectivity index (χ4n) is 2.67. The van der Waals surface area contributed by atoms with Gasteiger partial charge < -0.3 is 14.4 Å². The van der Waals surface area contributed by atoms with Gasteiger partial charge in [-0.1, -0.05) is 24.3 Å². The van der Waals surface area contributed by atoms with Gasteiger partial charge >= 0.3 is 6.09 Å². The molecule has 2 heterocycles. The van der Waals surface area contributed by atoms with Gasteiger partial charge in [-0.3, -0.25) is 0 Å². The van der Waals surface area contributed by atoms with E-state index in [4.69, 9.17) is 9.47 Å². The molecule has 1 aromatic carbocycles. The van der Waals surface area contributed by atoms with Gasteiger partial charge in [0.05, 0.1) is 19.7 Å². The lowest BCUT2D eigenvalue weighted by Crippen LogP contribution is -2.61. The summed E-state index contributed by atoms with van der Waals surface area (Å²) in [4.78, 5) is 13.6. The molecule has 1 spiro atoms. The molecule has 2 aliphatic rings. The van der Waals surface area contributed by atoms with Gasteiger partial charge in [-0.25, -0.2) is 4.79 Å². The highest BCUT2D eigenvalue weighted by atomic mass is 16.6. The zero-order chi connectivity index (χ0) is 13.7. The minimum Gasteiger partial charge on any atom is -0.444 e. The fourth-order valence-corrected chi connectivity index (χ4v) is 2.67. The van der Waals surface area contributed by atoms with Gasteiger partial charge in [-0.15, -0.1) is 0 Å². The summed E-state index contributed by atoms with van der Waals surface area (Å²) in [7, 11) is 0. The summed E-state index contributed by atoms with van der Waals surface area (Å²) in [5.41, 5.74) is 1.70. The zero-order valence-corrected chi connectivity index (χ0v) is 11.6. The maximum atomic E-state index is 11.9. The number of ether oxygens (including phenoxy) is 2. The van der Waals surface area contributed by atoms with E-state index in [0.29, 0.717) is 19.7 Å². The molecular weight excluding hydrogens is 242 g/mol. The number of nitrogens with zero attached hydrogens (tertiary/aromatic N) is 1. The first-order valence-electron chi connectivity index (χ1n) is 6.60. The van der Waals surface area contributed by atoms with Crippen LogP contribution in [0.5, 0.6) is 0 Å². The van der Waals surface area contributed by atoms with Crippen molar-refractivity contribution in [2.24, 2.45) is 0 Å². The summed E-state index contributed by atoms with van der Waals surface area (Å²) in [6.07, 6.45) is -0.258. The molecule has 3 rings (SSSR count). The molecule has 1 saturated heterocycles. The molecule has 0 bridgehead atoms. The van der Waals surface area contributed by atoms with Crippen LogP contribution in [-0.2, 0) is 21.7 Å². The molecule has 0 aromatic heterocycles. The van der Waals surface area contributed by atoms with E-state index in [1.165, 1.54) is 11.1 Å². The molecule has 0 unspecified atom stereocenters. The van der Waals surface area contributed by atoms with Crippen LogP contribution in [0.15, 0.2) is 24.3 Å². The standard InChI is InChI=1S/C15H19NO3/c1-14(2,3)19-13(17)16-9-15(10-16)12-7-5-4-6-11(12)8-18-15/h4-7H,8-10H2,1-3H3.